The number of furan rings is 1. The summed E-state index contributed by atoms with van der Waals surface area (Å²) in [4.78, 5) is 14.5. The molecule has 4 aromatic heterocycles. The molecule has 0 bridgehead atoms. The molecule has 0 aliphatic carbocycles. The normalized spacial score (nSPS) is 13.1. The summed E-state index contributed by atoms with van der Waals surface area (Å²) in [6.07, 6.45) is 1.69. The van der Waals surface area contributed by atoms with Crippen molar-refractivity contribution in [2.45, 2.75) is 31.0 Å². The Bertz CT molecular complexity index is 4160. The summed E-state index contributed by atoms with van der Waals surface area (Å²) in [5.74, 6) is 6.35. The molecule has 0 saturated carbocycles. The van der Waals surface area contributed by atoms with Gasteiger partial charge in [-0.1, -0.05) is 108 Å². The van der Waals surface area contributed by atoms with Crippen LogP contribution in [0, 0.1) is 37.5 Å². The van der Waals surface area contributed by atoms with Crippen LogP contribution in [-0.4, -0.2) is 32.8 Å². The molecule has 12 aromatic rings. The Morgan fingerprint density at radius 3 is 2.04 bits per heavy atom. The number of para-hydroxylation sites is 2. The van der Waals surface area contributed by atoms with Crippen LogP contribution in [-0.2, 0) is 20.1 Å². The van der Waals surface area contributed by atoms with Crippen molar-refractivity contribution < 1.29 is 41.5 Å². The molecule has 1 radical (unpaired) electrons. The number of aromatic nitrogens is 4. The SMILES string of the molecule is [2H]C([2H])([2H])c1cc(-c2[c-]cc(F)c(-c3ccccc3)c2)nc[c]1[Ge]([CH3])([CH3])[CH3].[2H]C([2H])([2H])c1ccc(-c2ccc3c(n2)oc2c(-c4nc5ccccc5n4-c4c(-c5ccccc5)cc(F)c5ccccc45)[c-]ccc23)cc1.[Ir]. The topological polar surface area (TPSA) is 56.7 Å². The number of pyridine rings is 2. The number of hydrogen-bond acceptors (Lipinski definition) is 4. The van der Waals surface area contributed by atoms with Crippen LogP contribution in [0.1, 0.15) is 19.4 Å². The fourth-order valence-corrected chi connectivity index (χ4v) is 11.9. The molecule has 4 heterocycles. The van der Waals surface area contributed by atoms with Gasteiger partial charge in [0.2, 0.25) is 5.71 Å². The molecular weight excluding hydrogens is 1120 g/mol. The predicted octanol–water partition coefficient (Wildman–Crippen LogP) is 15.9. The molecule has 0 aliphatic rings. The number of aryl methyl sites for hydroxylation is 2. The summed E-state index contributed by atoms with van der Waals surface area (Å²) >= 11 is -2.41. The quantitative estimate of drug-likeness (QED) is 0.118. The third kappa shape index (κ3) is 9.04. The van der Waals surface area contributed by atoms with Crippen molar-refractivity contribution in [2.24, 2.45) is 0 Å². The smallest absolute Gasteiger partial charge is 0.216 e. The van der Waals surface area contributed by atoms with Crippen molar-refractivity contribution in [1.29, 1.82) is 0 Å². The number of fused-ring (bicyclic) bond motifs is 5. The van der Waals surface area contributed by atoms with Crippen LogP contribution >= 0.6 is 0 Å². The van der Waals surface area contributed by atoms with Gasteiger partial charge in [0, 0.05) is 51.5 Å². The molecule has 0 amide bonds. The van der Waals surface area contributed by atoms with E-state index in [0.717, 1.165) is 59.5 Å². The Kier molecular flexibility index (Phi) is 11.1. The maximum atomic E-state index is 15.8. The summed E-state index contributed by atoms with van der Waals surface area (Å²) in [6, 6.07) is 61.4. The summed E-state index contributed by atoms with van der Waals surface area (Å²) in [5, 5.41) is 2.94. The van der Waals surface area contributed by atoms with E-state index in [1.807, 2.05) is 127 Å². The van der Waals surface area contributed by atoms with E-state index < -0.39 is 27.0 Å². The Balaban J connectivity index is 0.000000205. The van der Waals surface area contributed by atoms with Crippen LogP contribution in [0.4, 0.5) is 8.78 Å². The minimum atomic E-state index is -2.41. The molecule has 12 rings (SSSR count). The third-order valence-electron chi connectivity index (χ3n) is 12.5. The van der Waals surface area contributed by atoms with Crippen molar-refractivity contribution in [1.82, 2.24) is 19.5 Å². The molecule has 0 aliphatic heterocycles. The maximum Gasteiger partial charge on any atom is 0.216 e. The van der Waals surface area contributed by atoms with Gasteiger partial charge in [0.25, 0.3) is 0 Å². The van der Waals surface area contributed by atoms with Crippen molar-refractivity contribution in [3.8, 4) is 61.8 Å². The minimum Gasteiger partial charge on any atom is -0.486 e. The zero-order chi connectivity index (χ0) is 53.1. The molecule has 349 valence electrons. The molecule has 71 heavy (non-hydrogen) atoms. The minimum absolute atomic E-state index is 0. The van der Waals surface area contributed by atoms with Crippen molar-refractivity contribution in [2.75, 3.05) is 0 Å². The van der Waals surface area contributed by atoms with Gasteiger partial charge in [-0.2, -0.15) is 0 Å². The summed E-state index contributed by atoms with van der Waals surface area (Å²) in [5.41, 5.74) is 10.0. The van der Waals surface area contributed by atoms with Gasteiger partial charge in [-0.3, -0.25) is 4.98 Å². The average Bonchev–Trinajstić information content (AvgIpc) is 4.07. The average molecular weight is 1170 g/mol. The molecule has 0 N–H and O–H groups in total. The number of benzene rings is 8. The number of halogens is 2. The number of imidazole rings is 1. The first kappa shape index (κ1) is 40.4. The molecule has 0 saturated heterocycles. The Morgan fingerprint density at radius 1 is 0.606 bits per heavy atom. The van der Waals surface area contributed by atoms with Crippen LogP contribution < -0.4 is 4.40 Å². The van der Waals surface area contributed by atoms with Gasteiger partial charge in [0.15, 0.2) is 0 Å². The molecule has 0 atom stereocenters. The van der Waals surface area contributed by atoms with E-state index in [9.17, 15) is 4.39 Å². The number of nitrogens with zero attached hydrogens (tertiary/aromatic N) is 4. The van der Waals surface area contributed by atoms with Gasteiger partial charge in [-0.25, -0.2) is 9.37 Å². The Labute approximate surface area is 436 Å². The molecule has 0 spiro atoms. The molecule has 8 aromatic carbocycles. The van der Waals surface area contributed by atoms with Crippen LogP contribution in [0.25, 0.3) is 106 Å². The molecule has 0 fully saturated rings. The molecule has 0 unspecified atom stereocenters. The van der Waals surface area contributed by atoms with E-state index in [4.69, 9.17) is 22.6 Å². The predicted molar refractivity (Wildman–Crippen MR) is 285 cm³/mol. The zero-order valence-electron chi connectivity index (χ0n) is 44.7. The monoisotopic (exact) mass is 1170 g/mol. The van der Waals surface area contributed by atoms with Crippen LogP contribution in [0.2, 0.25) is 17.3 Å². The maximum absolute atomic E-state index is 15.8. The second-order valence-electron chi connectivity index (χ2n) is 18.1. The van der Waals surface area contributed by atoms with Crippen molar-refractivity contribution in [3.63, 3.8) is 0 Å². The van der Waals surface area contributed by atoms with E-state index >= 15 is 4.39 Å². The van der Waals surface area contributed by atoms with E-state index in [1.54, 1.807) is 54.7 Å². The van der Waals surface area contributed by atoms with E-state index in [1.165, 1.54) is 6.07 Å². The van der Waals surface area contributed by atoms with Crippen molar-refractivity contribution in [3.05, 3.63) is 223 Å². The van der Waals surface area contributed by atoms with E-state index in [2.05, 4.69) is 39.0 Å². The molecule has 5 nitrogen and oxygen atoms in total. The first-order valence-electron chi connectivity index (χ1n) is 25.8. The Hall–Kier alpha value is -7.36. The van der Waals surface area contributed by atoms with E-state index in [0.29, 0.717) is 56.1 Å². The fourth-order valence-electron chi connectivity index (χ4n) is 9.07. The van der Waals surface area contributed by atoms with Gasteiger partial charge in [0.1, 0.15) is 5.82 Å². The number of rotatable bonds is 7. The van der Waals surface area contributed by atoms with Crippen LogP contribution in [0.3, 0.4) is 0 Å². The first-order chi connectivity index (χ1) is 36.4. The van der Waals surface area contributed by atoms with Crippen LogP contribution in [0.5, 0.6) is 0 Å². The summed E-state index contributed by atoms with van der Waals surface area (Å²) in [6.45, 7) is -4.39. The van der Waals surface area contributed by atoms with Crippen molar-refractivity contribution >= 4 is 61.5 Å². The second kappa shape index (κ2) is 19.4. The van der Waals surface area contributed by atoms with Gasteiger partial charge in [-0.15, -0.1) is 18.2 Å². The third-order valence-corrected chi connectivity index (χ3v) is 16.7. The van der Waals surface area contributed by atoms with Gasteiger partial charge >= 0.3 is 150 Å². The van der Waals surface area contributed by atoms with Crippen LogP contribution in [0.15, 0.2) is 193 Å². The molecule has 9 heteroatoms. The standard InChI is InChI=1S/C41H25FN3O.C21H21FGeN.Ir/c1-25-18-20-27(21-19-25)35-23-22-31-30-14-9-15-32(39(30)46-41(31)44-35)40-43-36-16-7-8-17-37(36)45(40)38-29-13-6-5-12-28(29)34(42)24-33(38)26-10-3-2-4-11-26;1-15-12-21(24-14-20(15)23(2,3)4)17-10-11-19(22)18(13-17)16-8-6-5-7-9-16;/h2-14,16-24H,1H3;5-9,11-14H,1-4H3;/q2*-1;/i2*1D3;. The summed E-state index contributed by atoms with van der Waals surface area (Å²) < 4.78 is 86.5. The second-order valence-corrected chi connectivity index (χ2v) is 28.7. The van der Waals surface area contributed by atoms with Gasteiger partial charge in [-0.05, 0) is 42.7 Å². The first-order valence-corrected chi connectivity index (χ1v) is 30.1. The van der Waals surface area contributed by atoms with Gasteiger partial charge in [0.05, 0.1) is 33.8 Å². The molecular formula is C62H46F2GeIrN4O-2. The fraction of sp³-hybridized carbons (Fsp3) is 0.0806. The largest absolute Gasteiger partial charge is 0.486 e. The summed E-state index contributed by atoms with van der Waals surface area (Å²) in [7, 11) is 0. The van der Waals surface area contributed by atoms with Gasteiger partial charge < -0.3 is 8.98 Å². The van der Waals surface area contributed by atoms with E-state index in [-0.39, 0.29) is 37.3 Å². The zero-order valence-corrected chi connectivity index (χ0v) is 43.2. The Morgan fingerprint density at radius 2 is 1.31 bits per heavy atom. The number of hydrogen-bond donors (Lipinski definition) is 0.